The quantitative estimate of drug-likeness (QED) is 0.213. The van der Waals surface area contributed by atoms with Crippen LogP contribution in [0.25, 0.3) is 0 Å². The second kappa shape index (κ2) is 10.6. The molecule has 2 saturated heterocycles. The highest BCUT2D eigenvalue weighted by Gasteiger charge is 2.48. The fourth-order valence-electron chi connectivity index (χ4n) is 4.07. The van der Waals surface area contributed by atoms with Gasteiger partial charge in [-0.05, 0) is 25.3 Å². The topological polar surface area (TPSA) is 117 Å². The maximum absolute atomic E-state index is 12.4. The monoisotopic (exact) mass is 452 g/mol. The molecule has 2 aliphatic rings. The SMILES string of the molecule is CSc1ccc(C(=O)CC(=O)C[C@H]2CO[C@@H](C[C@@H]3O[C@H]3[C@@H](C)[C@H](C)O)[C@H](O)[C@@H]2O)cc1. The Balaban J connectivity index is 1.46. The Bertz CT molecular complexity index is 766. The molecule has 0 aromatic heterocycles. The van der Waals surface area contributed by atoms with Gasteiger partial charge in [0.25, 0.3) is 0 Å². The highest BCUT2D eigenvalue weighted by molar-refractivity contribution is 7.98. The molecule has 31 heavy (non-hydrogen) atoms. The van der Waals surface area contributed by atoms with E-state index in [2.05, 4.69) is 0 Å². The molecule has 3 N–H and O–H groups in total. The van der Waals surface area contributed by atoms with Gasteiger partial charge in [0.15, 0.2) is 5.78 Å². The largest absolute Gasteiger partial charge is 0.393 e. The molecule has 8 heteroatoms. The van der Waals surface area contributed by atoms with E-state index in [0.29, 0.717) is 12.0 Å². The summed E-state index contributed by atoms with van der Waals surface area (Å²) in [7, 11) is 0. The van der Waals surface area contributed by atoms with E-state index in [1.54, 1.807) is 30.8 Å². The third-order valence-corrected chi connectivity index (χ3v) is 7.11. The lowest BCUT2D eigenvalue weighted by Crippen LogP contribution is -2.51. The number of hydrogen-bond acceptors (Lipinski definition) is 8. The number of ketones is 2. The van der Waals surface area contributed by atoms with Gasteiger partial charge in [0, 0.05) is 35.1 Å². The predicted molar refractivity (Wildman–Crippen MR) is 116 cm³/mol. The van der Waals surface area contributed by atoms with Crippen molar-refractivity contribution < 1.29 is 34.4 Å². The van der Waals surface area contributed by atoms with Crippen molar-refractivity contribution in [2.75, 3.05) is 12.9 Å². The Morgan fingerprint density at radius 2 is 1.81 bits per heavy atom. The number of ether oxygens (including phenoxy) is 2. The van der Waals surface area contributed by atoms with Crippen LogP contribution in [0.1, 0.15) is 43.5 Å². The van der Waals surface area contributed by atoms with Crippen LogP contribution in [0, 0.1) is 11.8 Å². The number of epoxide rings is 1. The number of carbonyl (C=O) groups is 2. The lowest BCUT2D eigenvalue weighted by Gasteiger charge is -2.37. The van der Waals surface area contributed by atoms with Gasteiger partial charge in [-0.1, -0.05) is 19.1 Å². The molecular weight excluding hydrogens is 420 g/mol. The molecule has 3 rings (SSSR count). The number of thioether (sulfide) groups is 1. The van der Waals surface area contributed by atoms with E-state index in [0.717, 1.165) is 4.90 Å². The Labute approximate surface area is 187 Å². The summed E-state index contributed by atoms with van der Waals surface area (Å²) in [6.45, 7) is 3.75. The molecule has 0 unspecified atom stereocenters. The van der Waals surface area contributed by atoms with Crippen molar-refractivity contribution >= 4 is 23.3 Å². The number of aliphatic hydroxyl groups is 3. The van der Waals surface area contributed by atoms with Gasteiger partial charge in [-0.25, -0.2) is 0 Å². The molecule has 172 valence electrons. The molecule has 1 aromatic rings. The normalized spacial score (nSPS) is 32.3. The van der Waals surface area contributed by atoms with Crippen LogP contribution >= 0.6 is 11.8 Å². The van der Waals surface area contributed by atoms with E-state index in [9.17, 15) is 24.9 Å². The number of benzene rings is 1. The van der Waals surface area contributed by atoms with Crippen LogP contribution in [0.5, 0.6) is 0 Å². The van der Waals surface area contributed by atoms with Crippen molar-refractivity contribution in [3.05, 3.63) is 29.8 Å². The second-order valence-electron chi connectivity index (χ2n) is 8.66. The molecule has 2 fully saturated rings. The third kappa shape index (κ3) is 6.15. The Morgan fingerprint density at radius 1 is 1.13 bits per heavy atom. The van der Waals surface area contributed by atoms with Crippen LogP contribution in [0.3, 0.4) is 0 Å². The van der Waals surface area contributed by atoms with Crippen molar-refractivity contribution in [2.24, 2.45) is 11.8 Å². The van der Waals surface area contributed by atoms with E-state index in [4.69, 9.17) is 9.47 Å². The zero-order valence-electron chi connectivity index (χ0n) is 18.1. The Morgan fingerprint density at radius 3 is 2.42 bits per heavy atom. The van der Waals surface area contributed by atoms with Crippen LogP contribution in [-0.2, 0) is 14.3 Å². The molecule has 8 atom stereocenters. The lowest BCUT2D eigenvalue weighted by molar-refractivity contribution is -0.170. The van der Waals surface area contributed by atoms with Gasteiger partial charge in [-0.3, -0.25) is 9.59 Å². The lowest BCUT2D eigenvalue weighted by atomic mass is 9.85. The molecule has 7 nitrogen and oxygen atoms in total. The highest BCUT2D eigenvalue weighted by atomic mass is 32.2. The second-order valence-corrected chi connectivity index (χ2v) is 9.54. The number of aliphatic hydroxyl groups excluding tert-OH is 3. The summed E-state index contributed by atoms with van der Waals surface area (Å²) in [6, 6.07) is 7.10. The van der Waals surface area contributed by atoms with Gasteiger partial charge in [-0.2, -0.15) is 0 Å². The van der Waals surface area contributed by atoms with Crippen molar-refractivity contribution in [3.8, 4) is 0 Å². The van der Waals surface area contributed by atoms with Crippen LogP contribution in [0.4, 0.5) is 0 Å². The Hall–Kier alpha value is -1.29. The van der Waals surface area contributed by atoms with Gasteiger partial charge >= 0.3 is 0 Å². The van der Waals surface area contributed by atoms with E-state index >= 15 is 0 Å². The summed E-state index contributed by atoms with van der Waals surface area (Å²) in [5.41, 5.74) is 0.483. The molecule has 0 aliphatic carbocycles. The third-order valence-electron chi connectivity index (χ3n) is 6.36. The van der Waals surface area contributed by atoms with Crippen LogP contribution < -0.4 is 0 Å². The van der Waals surface area contributed by atoms with Crippen LogP contribution in [0.15, 0.2) is 29.2 Å². The summed E-state index contributed by atoms with van der Waals surface area (Å²) in [5, 5.41) is 30.7. The van der Waals surface area contributed by atoms with Crippen LogP contribution in [-0.4, -0.2) is 76.4 Å². The van der Waals surface area contributed by atoms with Crippen molar-refractivity contribution in [2.45, 2.75) is 74.6 Å². The summed E-state index contributed by atoms with van der Waals surface area (Å²) in [4.78, 5) is 25.8. The highest BCUT2D eigenvalue weighted by Crippen LogP contribution is 2.37. The molecular formula is C23H32O7S. The van der Waals surface area contributed by atoms with Crippen molar-refractivity contribution in [3.63, 3.8) is 0 Å². The first kappa shape index (κ1) is 24.4. The summed E-state index contributed by atoms with van der Waals surface area (Å²) >= 11 is 1.57. The van der Waals surface area contributed by atoms with E-state index in [1.165, 1.54) is 0 Å². The maximum atomic E-state index is 12.4. The fraction of sp³-hybridized carbons (Fsp3) is 0.652. The van der Waals surface area contributed by atoms with Gasteiger partial charge in [-0.15, -0.1) is 11.8 Å². The maximum Gasteiger partial charge on any atom is 0.170 e. The summed E-state index contributed by atoms with van der Waals surface area (Å²) in [6.07, 6.45) is -1.41. The minimum Gasteiger partial charge on any atom is -0.393 e. The predicted octanol–water partition coefficient (Wildman–Crippen LogP) is 1.85. The van der Waals surface area contributed by atoms with Gasteiger partial charge in [0.1, 0.15) is 11.9 Å². The molecule has 0 amide bonds. The number of rotatable bonds is 10. The Kier molecular flexibility index (Phi) is 8.29. The zero-order chi connectivity index (χ0) is 22.7. The van der Waals surface area contributed by atoms with Crippen LogP contribution in [0.2, 0.25) is 0 Å². The standard InChI is InChI=1S/C23H32O7S/c1-12(13(2)24)23-20(30-23)10-19-22(28)21(27)15(11-29-19)8-16(25)9-18(26)14-4-6-17(31-3)7-5-14/h4-7,12-13,15,19-24,27-28H,8-11H2,1-3H3/t12-,13-,15-,19-,20-,21+,22-,23-/m0/s1. The molecule has 0 saturated carbocycles. The number of Topliss-reactive ketones (excluding diaryl/α,β-unsaturated/α-hetero) is 2. The van der Waals surface area contributed by atoms with Gasteiger partial charge in [0.2, 0.25) is 0 Å². The minimum absolute atomic E-state index is 0.0181. The first-order valence-corrected chi connectivity index (χ1v) is 11.9. The number of hydrogen-bond donors (Lipinski definition) is 3. The molecule has 2 aliphatic heterocycles. The molecule has 0 spiro atoms. The minimum atomic E-state index is -1.13. The first-order chi connectivity index (χ1) is 14.7. The fourth-order valence-corrected chi connectivity index (χ4v) is 4.47. The number of carbonyl (C=O) groups excluding carboxylic acids is 2. The molecule has 0 radical (unpaired) electrons. The van der Waals surface area contributed by atoms with E-state index in [1.807, 2.05) is 25.3 Å². The average molecular weight is 453 g/mol. The van der Waals surface area contributed by atoms with E-state index < -0.39 is 30.3 Å². The van der Waals surface area contributed by atoms with Crippen molar-refractivity contribution in [1.29, 1.82) is 0 Å². The van der Waals surface area contributed by atoms with Gasteiger partial charge < -0.3 is 24.8 Å². The van der Waals surface area contributed by atoms with Gasteiger partial charge in [0.05, 0.1) is 43.5 Å². The smallest absolute Gasteiger partial charge is 0.170 e. The van der Waals surface area contributed by atoms with E-state index in [-0.39, 0.29) is 49.1 Å². The molecule has 2 heterocycles. The summed E-state index contributed by atoms with van der Waals surface area (Å²) in [5.74, 6) is -1.12. The van der Waals surface area contributed by atoms with Crippen molar-refractivity contribution in [1.82, 2.24) is 0 Å². The zero-order valence-corrected chi connectivity index (χ0v) is 19.0. The average Bonchev–Trinajstić information content (AvgIpc) is 3.51. The first-order valence-electron chi connectivity index (χ1n) is 10.7. The molecule has 0 bridgehead atoms. The summed E-state index contributed by atoms with van der Waals surface area (Å²) < 4.78 is 11.3. The molecule has 1 aromatic carbocycles.